The van der Waals surface area contributed by atoms with Gasteiger partial charge in [-0.3, -0.25) is 0 Å². The molecule has 0 radical (unpaired) electrons. The van der Waals surface area contributed by atoms with Gasteiger partial charge in [-0.05, 0) is 44.6 Å². The van der Waals surface area contributed by atoms with E-state index in [1.54, 1.807) is 0 Å². The third-order valence-electron chi connectivity index (χ3n) is 4.41. The SMILES string of the molecule is C=C(B1OC(C)(C)C(C)(C)O1)[C@@H](C)c1ccccc1. The lowest BCUT2D eigenvalue weighted by Gasteiger charge is -2.32. The maximum absolute atomic E-state index is 6.05. The molecule has 3 heteroatoms. The molecule has 1 aromatic rings. The molecule has 2 rings (SSSR count). The van der Waals surface area contributed by atoms with E-state index in [0.717, 1.165) is 5.47 Å². The topological polar surface area (TPSA) is 18.5 Å². The first kappa shape index (κ1) is 14.4. The maximum Gasteiger partial charge on any atom is 0.490 e. The lowest BCUT2D eigenvalue weighted by molar-refractivity contribution is 0.00578. The largest absolute Gasteiger partial charge is 0.490 e. The predicted molar refractivity (Wildman–Crippen MR) is 80.1 cm³/mol. The lowest BCUT2D eigenvalue weighted by Crippen LogP contribution is -2.41. The minimum Gasteiger partial charge on any atom is -0.400 e. The van der Waals surface area contributed by atoms with Crippen molar-refractivity contribution in [2.45, 2.75) is 51.7 Å². The molecule has 1 aromatic carbocycles. The van der Waals surface area contributed by atoms with Crippen molar-refractivity contribution in [3.63, 3.8) is 0 Å². The fraction of sp³-hybridized carbons (Fsp3) is 0.500. The Bertz CT molecular complexity index is 449. The van der Waals surface area contributed by atoms with E-state index in [0.29, 0.717) is 0 Å². The highest BCUT2D eigenvalue weighted by atomic mass is 16.7. The molecular weight excluding hydrogens is 235 g/mol. The molecule has 0 aromatic heterocycles. The molecule has 0 amide bonds. The van der Waals surface area contributed by atoms with Gasteiger partial charge in [0.2, 0.25) is 0 Å². The molecule has 0 aliphatic carbocycles. The zero-order valence-electron chi connectivity index (χ0n) is 12.6. The highest BCUT2D eigenvalue weighted by molar-refractivity contribution is 6.54. The van der Waals surface area contributed by atoms with E-state index in [2.05, 4.69) is 53.3 Å². The van der Waals surface area contributed by atoms with Crippen molar-refractivity contribution >= 4 is 7.12 Å². The van der Waals surface area contributed by atoms with Gasteiger partial charge in [0, 0.05) is 0 Å². The van der Waals surface area contributed by atoms with Crippen LogP contribution in [0.15, 0.2) is 42.4 Å². The average molecular weight is 258 g/mol. The highest BCUT2D eigenvalue weighted by Gasteiger charge is 2.52. The first-order chi connectivity index (χ1) is 8.74. The van der Waals surface area contributed by atoms with Gasteiger partial charge in [0.05, 0.1) is 11.2 Å². The molecule has 1 aliphatic heterocycles. The van der Waals surface area contributed by atoms with E-state index >= 15 is 0 Å². The summed E-state index contributed by atoms with van der Waals surface area (Å²) in [4.78, 5) is 0. The van der Waals surface area contributed by atoms with Crippen molar-refractivity contribution in [3.05, 3.63) is 47.9 Å². The Morgan fingerprint density at radius 3 is 2.00 bits per heavy atom. The van der Waals surface area contributed by atoms with E-state index in [-0.39, 0.29) is 24.2 Å². The van der Waals surface area contributed by atoms with E-state index in [4.69, 9.17) is 9.31 Å². The first-order valence-corrected chi connectivity index (χ1v) is 6.84. The normalized spacial score (nSPS) is 22.3. The fourth-order valence-corrected chi connectivity index (χ4v) is 2.15. The molecule has 19 heavy (non-hydrogen) atoms. The minimum atomic E-state index is -0.333. The van der Waals surface area contributed by atoms with Gasteiger partial charge < -0.3 is 9.31 Å². The van der Waals surface area contributed by atoms with Crippen LogP contribution in [0.25, 0.3) is 0 Å². The van der Waals surface area contributed by atoms with Crippen LogP contribution in [-0.4, -0.2) is 18.3 Å². The Labute approximate surface area is 117 Å². The van der Waals surface area contributed by atoms with Crippen LogP contribution >= 0.6 is 0 Å². The highest BCUT2D eigenvalue weighted by Crippen LogP contribution is 2.40. The Morgan fingerprint density at radius 1 is 1.05 bits per heavy atom. The predicted octanol–water partition coefficient (Wildman–Crippen LogP) is 3.98. The van der Waals surface area contributed by atoms with Crippen molar-refractivity contribution in [2.75, 3.05) is 0 Å². The van der Waals surface area contributed by atoms with Gasteiger partial charge >= 0.3 is 7.12 Å². The molecule has 1 aliphatic rings. The summed E-state index contributed by atoms with van der Waals surface area (Å²) < 4.78 is 12.1. The minimum absolute atomic E-state index is 0.218. The van der Waals surface area contributed by atoms with Crippen LogP contribution < -0.4 is 0 Å². The van der Waals surface area contributed by atoms with Crippen LogP contribution in [0.2, 0.25) is 0 Å². The van der Waals surface area contributed by atoms with Crippen LogP contribution in [0.3, 0.4) is 0 Å². The second-order valence-electron chi connectivity index (χ2n) is 6.30. The van der Waals surface area contributed by atoms with Crippen LogP contribution in [0.5, 0.6) is 0 Å². The van der Waals surface area contributed by atoms with Crippen molar-refractivity contribution < 1.29 is 9.31 Å². The molecule has 2 nitrogen and oxygen atoms in total. The summed E-state index contributed by atoms with van der Waals surface area (Å²) in [5, 5.41) is 0. The molecule has 0 spiro atoms. The average Bonchev–Trinajstić information content (AvgIpc) is 2.58. The van der Waals surface area contributed by atoms with Crippen LogP contribution in [0.1, 0.15) is 46.1 Å². The fourth-order valence-electron chi connectivity index (χ4n) is 2.15. The third-order valence-corrected chi connectivity index (χ3v) is 4.41. The van der Waals surface area contributed by atoms with E-state index < -0.39 is 0 Å². The van der Waals surface area contributed by atoms with Gasteiger partial charge in [-0.1, -0.05) is 37.3 Å². The van der Waals surface area contributed by atoms with Gasteiger partial charge in [0.1, 0.15) is 0 Å². The summed E-state index contributed by atoms with van der Waals surface area (Å²) >= 11 is 0. The number of allylic oxidation sites excluding steroid dienone is 1. The van der Waals surface area contributed by atoms with E-state index in [1.165, 1.54) is 5.56 Å². The summed E-state index contributed by atoms with van der Waals surface area (Å²) in [7, 11) is -0.333. The van der Waals surface area contributed by atoms with Crippen molar-refractivity contribution in [1.82, 2.24) is 0 Å². The number of hydrogen-bond donors (Lipinski definition) is 0. The number of hydrogen-bond acceptors (Lipinski definition) is 2. The van der Waals surface area contributed by atoms with Crippen LogP contribution in [0.4, 0.5) is 0 Å². The van der Waals surface area contributed by atoms with Gasteiger partial charge in [-0.25, -0.2) is 0 Å². The smallest absolute Gasteiger partial charge is 0.400 e. The van der Waals surface area contributed by atoms with Gasteiger partial charge in [0.25, 0.3) is 0 Å². The molecular formula is C16H23BO2. The summed E-state index contributed by atoms with van der Waals surface area (Å²) in [6.45, 7) is 14.6. The second kappa shape index (κ2) is 4.80. The van der Waals surface area contributed by atoms with Gasteiger partial charge in [-0.15, -0.1) is 6.58 Å². The summed E-state index contributed by atoms with van der Waals surface area (Å²) in [5.41, 5.74) is 1.60. The Balaban J connectivity index is 2.14. The zero-order valence-corrected chi connectivity index (χ0v) is 12.6. The number of rotatable bonds is 3. The molecule has 0 saturated carbocycles. The van der Waals surface area contributed by atoms with Crippen LogP contribution in [0, 0.1) is 0 Å². The molecule has 1 atom stereocenters. The molecule has 0 N–H and O–H groups in total. The van der Waals surface area contributed by atoms with Crippen molar-refractivity contribution in [2.24, 2.45) is 0 Å². The van der Waals surface area contributed by atoms with E-state index in [1.807, 2.05) is 18.2 Å². The molecule has 102 valence electrons. The summed E-state index contributed by atoms with van der Waals surface area (Å²) in [5.74, 6) is 0.218. The standard InChI is InChI=1S/C16H23BO2/c1-12(14-10-8-7-9-11-14)13(2)17-18-15(3,4)16(5,6)19-17/h7-12H,2H2,1,3-6H3/t12-/m1/s1. The molecule has 1 saturated heterocycles. The Hall–Kier alpha value is -1.06. The monoisotopic (exact) mass is 258 g/mol. The Kier molecular flexibility index (Phi) is 3.63. The molecule has 1 fully saturated rings. The van der Waals surface area contributed by atoms with Gasteiger partial charge in [-0.2, -0.15) is 0 Å². The van der Waals surface area contributed by atoms with Gasteiger partial charge in [0.15, 0.2) is 0 Å². The molecule has 0 unspecified atom stereocenters. The maximum atomic E-state index is 6.05. The Morgan fingerprint density at radius 2 is 1.53 bits per heavy atom. The summed E-state index contributed by atoms with van der Waals surface area (Å²) in [6.07, 6.45) is 0. The van der Waals surface area contributed by atoms with E-state index in [9.17, 15) is 0 Å². The van der Waals surface area contributed by atoms with Crippen molar-refractivity contribution in [1.29, 1.82) is 0 Å². The third kappa shape index (κ3) is 2.63. The van der Waals surface area contributed by atoms with Crippen LogP contribution in [-0.2, 0) is 9.31 Å². The van der Waals surface area contributed by atoms with Crippen molar-refractivity contribution in [3.8, 4) is 0 Å². The second-order valence-corrected chi connectivity index (χ2v) is 6.30. The summed E-state index contributed by atoms with van der Waals surface area (Å²) in [6, 6.07) is 10.3. The number of benzene rings is 1. The first-order valence-electron chi connectivity index (χ1n) is 6.84. The quantitative estimate of drug-likeness (QED) is 0.763. The zero-order chi connectivity index (χ0) is 14.3. The molecule has 0 bridgehead atoms. The molecule has 1 heterocycles. The lowest BCUT2D eigenvalue weighted by atomic mass is 9.70.